The van der Waals surface area contributed by atoms with Crippen LogP contribution >= 0.6 is 0 Å². The predicted molar refractivity (Wildman–Crippen MR) is 40.9 cm³/mol. The molecule has 1 aromatic rings. The SMILES string of the molecule is Cc1cc(F)c(F)c(F)c1S(=O)(=O)O. The molecule has 78 valence electrons. The van der Waals surface area contributed by atoms with Crippen LogP contribution in [0.25, 0.3) is 0 Å². The first-order valence-electron chi connectivity index (χ1n) is 3.36. The molecule has 7 heteroatoms. The molecule has 0 fully saturated rings. The van der Waals surface area contributed by atoms with Crippen molar-refractivity contribution in [3.05, 3.63) is 29.1 Å². The van der Waals surface area contributed by atoms with Gasteiger partial charge < -0.3 is 0 Å². The van der Waals surface area contributed by atoms with Crippen molar-refractivity contribution in [1.29, 1.82) is 0 Å². The summed E-state index contributed by atoms with van der Waals surface area (Å²) in [6.45, 7) is 1.04. The van der Waals surface area contributed by atoms with E-state index >= 15 is 0 Å². The van der Waals surface area contributed by atoms with Crippen molar-refractivity contribution in [2.45, 2.75) is 11.8 Å². The minimum absolute atomic E-state index is 0.399. The van der Waals surface area contributed by atoms with Crippen LogP contribution in [0.4, 0.5) is 13.2 Å². The number of hydrogen-bond acceptors (Lipinski definition) is 2. The minimum atomic E-state index is -4.89. The Morgan fingerprint density at radius 2 is 1.71 bits per heavy atom. The summed E-state index contributed by atoms with van der Waals surface area (Å²) < 4.78 is 67.6. The van der Waals surface area contributed by atoms with E-state index in [0.29, 0.717) is 6.07 Å². The van der Waals surface area contributed by atoms with Crippen molar-refractivity contribution in [3.63, 3.8) is 0 Å². The molecule has 0 aliphatic heterocycles. The first-order chi connectivity index (χ1) is 6.25. The minimum Gasteiger partial charge on any atom is -0.282 e. The zero-order valence-corrected chi connectivity index (χ0v) is 7.70. The standard InChI is InChI=1S/C7H5F3O3S/c1-3-2-4(8)5(9)6(10)7(3)14(11,12)13/h2H,1H3,(H,11,12,13). The van der Waals surface area contributed by atoms with E-state index in [1.807, 2.05) is 0 Å². The lowest BCUT2D eigenvalue weighted by molar-refractivity contribution is 0.420. The Balaban J connectivity index is 3.70. The maximum Gasteiger partial charge on any atom is 0.297 e. The topological polar surface area (TPSA) is 54.4 Å². The third-order valence-corrected chi connectivity index (χ3v) is 2.58. The van der Waals surface area contributed by atoms with Crippen LogP contribution in [0.3, 0.4) is 0 Å². The van der Waals surface area contributed by atoms with Gasteiger partial charge in [-0.15, -0.1) is 0 Å². The second-order valence-electron chi connectivity index (χ2n) is 2.61. The van der Waals surface area contributed by atoms with Gasteiger partial charge >= 0.3 is 0 Å². The summed E-state index contributed by atoms with van der Waals surface area (Å²) in [5.74, 6) is -5.35. The van der Waals surface area contributed by atoms with E-state index < -0.39 is 38.0 Å². The molecule has 0 spiro atoms. The molecular weight excluding hydrogens is 221 g/mol. The lowest BCUT2D eigenvalue weighted by atomic mass is 10.2. The van der Waals surface area contributed by atoms with Crippen LogP contribution in [0, 0.1) is 24.4 Å². The maximum absolute atomic E-state index is 12.9. The first kappa shape index (κ1) is 11.0. The zero-order valence-electron chi connectivity index (χ0n) is 6.88. The van der Waals surface area contributed by atoms with Crippen LogP contribution in [-0.4, -0.2) is 13.0 Å². The van der Waals surface area contributed by atoms with Crippen molar-refractivity contribution in [3.8, 4) is 0 Å². The molecule has 14 heavy (non-hydrogen) atoms. The number of aryl methyl sites for hydroxylation is 1. The van der Waals surface area contributed by atoms with Gasteiger partial charge in [0.2, 0.25) is 0 Å². The van der Waals surface area contributed by atoms with Gasteiger partial charge in [-0.3, -0.25) is 4.55 Å². The third-order valence-electron chi connectivity index (χ3n) is 1.56. The number of rotatable bonds is 1. The molecule has 0 radical (unpaired) electrons. The molecule has 1 N–H and O–H groups in total. The van der Waals surface area contributed by atoms with Crippen LogP contribution in [0.2, 0.25) is 0 Å². The Labute approximate surface area is 77.9 Å². The molecule has 0 atom stereocenters. The molecule has 0 amide bonds. The molecule has 1 rings (SSSR count). The highest BCUT2D eigenvalue weighted by Crippen LogP contribution is 2.23. The molecular formula is C7H5F3O3S. The van der Waals surface area contributed by atoms with Gasteiger partial charge in [0.1, 0.15) is 4.90 Å². The maximum atomic E-state index is 12.9. The summed E-state index contributed by atoms with van der Waals surface area (Å²) in [6, 6.07) is 0.488. The van der Waals surface area contributed by atoms with Crippen molar-refractivity contribution < 1.29 is 26.1 Å². The molecule has 3 nitrogen and oxygen atoms in total. The molecule has 0 heterocycles. The number of benzene rings is 1. The van der Waals surface area contributed by atoms with Gasteiger partial charge in [0.15, 0.2) is 17.5 Å². The van der Waals surface area contributed by atoms with Crippen LogP contribution in [0.1, 0.15) is 5.56 Å². The Morgan fingerprint density at radius 1 is 1.21 bits per heavy atom. The Morgan fingerprint density at radius 3 is 2.14 bits per heavy atom. The molecule has 0 unspecified atom stereocenters. The summed E-state index contributed by atoms with van der Waals surface area (Å²) in [5.41, 5.74) is -0.399. The summed E-state index contributed by atoms with van der Waals surface area (Å²) in [4.78, 5) is -1.24. The summed E-state index contributed by atoms with van der Waals surface area (Å²) in [7, 11) is -4.89. The molecule has 0 aliphatic rings. The number of halogens is 3. The van der Waals surface area contributed by atoms with Crippen molar-refractivity contribution in [1.82, 2.24) is 0 Å². The van der Waals surface area contributed by atoms with E-state index in [1.165, 1.54) is 0 Å². The summed E-state index contributed by atoms with van der Waals surface area (Å²) >= 11 is 0. The van der Waals surface area contributed by atoms with Crippen LogP contribution in [0.5, 0.6) is 0 Å². The Hall–Kier alpha value is -1.08. The second kappa shape index (κ2) is 3.25. The fraction of sp³-hybridized carbons (Fsp3) is 0.143. The lowest BCUT2D eigenvalue weighted by Crippen LogP contribution is -2.08. The summed E-state index contributed by atoms with van der Waals surface area (Å²) in [5, 5.41) is 0. The van der Waals surface area contributed by atoms with Crippen molar-refractivity contribution >= 4 is 10.1 Å². The van der Waals surface area contributed by atoms with Gasteiger partial charge in [0.05, 0.1) is 0 Å². The van der Waals surface area contributed by atoms with Crippen LogP contribution in [0.15, 0.2) is 11.0 Å². The monoisotopic (exact) mass is 226 g/mol. The van der Waals surface area contributed by atoms with E-state index in [-0.39, 0.29) is 0 Å². The third kappa shape index (κ3) is 1.73. The van der Waals surface area contributed by atoms with Gasteiger partial charge in [-0.25, -0.2) is 13.2 Å². The van der Waals surface area contributed by atoms with Gasteiger partial charge in [0, 0.05) is 0 Å². The highest BCUT2D eigenvalue weighted by atomic mass is 32.2. The highest BCUT2D eigenvalue weighted by Gasteiger charge is 2.24. The van der Waals surface area contributed by atoms with E-state index in [9.17, 15) is 21.6 Å². The van der Waals surface area contributed by atoms with E-state index in [2.05, 4.69) is 0 Å². The quantitative estimate of drug-likeness (QED) is 0.585. The number of hydrogen-bond donors (Lipinski definition) is 1. The predicted octanol–water partition coefficient (Wildman–Crippen LogP) is 1.66. The Bertz CT molecular complexity index is 481. The molecule has 0 saturated carbocycles. The van der Waals surface area contributed by atoms with Gasteiger partial charge in [0.25, 0.3) is 10.1 Å². The van der Waals surface area contributed by atoms with Crippen LogP contribution in [-0.2, 0) is 10.1 Å². The smallest absolute Gasteiger partial charge is 0.282 e. The fourth-order valence-electron chi connectivity index (χ4n) is 1.01. The molecule has 0 saturated heterocycles. The van der Waals surface area contributed by atoms with Crippen molar-refractivity contribution in [2.75, 3.05) is 0 Å². The molecule has 0 aromatic heterocycles. The molecule has 0 aliphatic carbocycles. The van der Waals surface area contributed by atoms with Crippen molar-refractivity contribution in [2.24, 2.45) is 0 Å². The lowest BCUT2D eigenvalue weighted by Gasteiger charge is -2.04. The molecule has 0 bridgehead atoms. The average molecular weight is 226 g/mol. The first-order valence-corrected chi connectivity index (χ1v) is 4.80. The zero-order chi connectivity index (χ0) is 11.1. The summed E-state index contributed by atoms with van der Waals surface area (Å²) in [6.07, 6.45) is 0. The van der Waals surface area contributed by atoms with E-state index in [1.54, 1.807) is 0 Å². The van der Waals surface area contributed by atoms with Gasteiger partial charge in [-0.05, 0) is 18.6 Å². The largest absolute Gasteiger partial charge is 0.297 e. The van der Waals surface area contributed by atoms with Crippen LogP contribution < -0.4 is 0 Å². The van der Waals surface area contributed by atoms with Gasteiger partial charge in [-0.1, -0.05) is 0 Å². The Kier molecular flexibility index (Phi) is 2.55. The van der Waals surface area contributed by atoms with E-state index in [4.69, 9.17) is 4.55 Å². The fourth-order valence-corrected chi connectivity index (χ4v) is 1.80. The highest BCUT2D eigenvalue weighted by molar-refractivity contribution is 7.85. The second-order valence-corrected chi connectivity index (χ2v) is 3.97. The normalized spacial score (nSPS) is 11.8. The molecule has 1 aromatic carbocycles. The van der Waals surface area contributed by atoms with E-state index in [0.717, 1.165) is 6.92 Å². The van der Waals surface area contributed by atoms with Gasteiger partial charge in [-0.2, -0.15) is 8.42 Å². The average Bonchev–Trinajstić information content (AvgIpc) is 1.97.